The number of aliphatic carboxylic acids is 1. The molecule has 1 heterocycles. The van der Waals surface area contributed by atoms with Crippen LogP contribution in [0.4, 0.5) is 0 Å². The number of piperidine rings is 1. The van der Waals surface area contributed by atoms with Crippen LogP contribution in [0.2, 0.25) is 0 Å². The van der Waals surface area contributed by atoms with Crippen molar-refractivity contribution in [2.75, 3.05) is 33.4 Å². The van der Waals surface area contributed by atoms with Gasteiger partial charge in [0.2, 0.25) is 0 Å². The van der Waals surface area contributed by atoms with Crippen LogP contribution in [-0.2, 0) is 11.2 Å². The highest BCUT2D eigenvalue weighted by atomic mass is 16.5. The highest BCUT2D eigenvalue weighted by Crippen LogP contribution is 2.30. The molecule has 1 N–H and O–H groups in total. The van der Waals surface area contributed by atoms with Crippen LogP contribution in [0.25, 0.3) is 0 Å². The summed E-state index contributed by atoms with van der Waals surface area (Å²) in [6.07, 6.45) is 4.19. The first kappa shape index (κ1) is 20.2. The summed E-state index contributed by atoms with van der Waals surface area (Å²) in [4.78, 5) is 14.3. The third-order valence-corrected chi connectivity index (χ3v) is 5.31. The number of carboxylic acid groups (broad SMARTS) is 1. The number of methoxy groups -OCH3 is 1. The summed E-state index contributed by atoms with van der Waals surface area (Å²) in [7, 11) is 1.62. The number of nitrogens with zero attached hydrogens (tertiary/aromatic N) is 1. The normalized spacial score (nSPS) is 15.8. The van der Waals surface area contributed by atoms with Crippen LogP contribution in [0.5, 0.6) is 11.5 Å². The summed E-state index contributed by atoms with van der Waals surface area (Å²) < 4.78 is 11.4. The minimum atomic E-state index is -0.832. The first-order chi connectivity index (χ1) is 13.7. The second kappa shape index (κ2) is 10.1. The molecule has 1 unspecified atom stereocenters. The molecule has 2 aromatic carbocycles. The van der Waals surface area contributed by atoms with E-state index in [1.807, 2.05) is 48.5 Å². The number of hydrogen-bond acceptors (Lipinski definition) is 4. The Bertz CT molecular complexity index is 756. The van der Waals surface area contributed by atoms with E-state index in [1.165, 1.54) is 19.3 Å². The molecule has 1 aliphatic heterocycles. The fourth-order valence-electron chi connectivity index (χ4n) is 3.69. The maximum absolute atomic E-state index is 11.9. The standard InChI is InChI=1S/C23H29NO4/c1-27-20-11-10-19(16-21(23(25)26)18-8-4-2-5-9-18)22(17-20)28-15-14-24-12-6-3-7-13-24/h2,4-5,8-11,17,21H,3,6-7,12-16H2,1H3,(H,25,26). The van der Waals surface area contributed by atoms with Gasteiger partial charge in [-0.3, -0.25) is 9.69 Å². The number of carbonyl (C=O) groups is 1. The minimum absolute atomic E-state index is 0.377. The maximum atomic E-state index is 11.9. The average Bonchev–Trinajstić information content (AvgIpc) is 2.73. The molecule has 3 rings (SSSR count). The molecule has 1 atom stereocenters. The molecule has 0 radical (unpaired) electrons. The molecule has 5 heteroatoms. The molecular formula is C23H29NO4. The molecule has 0 spiro atoms. The summed E-state index contributed by atoms with van der Waals surface area (Å²) in [5, 5.41) is 9.75. The first-order valence-electron chi connectivity index (χ1n) is 9.97. The fraction of sp³-hybridized carbons (Fsp3) is 0.435. The molecule has 1 aliphatic rings. The van der Waals surface area contributed by atoms with Gasteiger partial charge >= 0.3 is 5.97 Å². The molecule has 0 aliphatic carbocycles. The van der Waals surface area contributed by atoms with Crippen molar-refractivity contribution >= 4 is 5.97 Å². The summed E-state index contributed by atoms with van der Waals surface area (Å²) in [6, 6.07) is 15.0. The van der Waals surface area contributed by atoms with Gasteiger partial charge in [0.05, 0.1) is 13.0 Å². The van der Waals surface area contributed by atoms with Gasteiger partial charge in [0, 0.05) is 12.6 Å². The summed E-state index contributed by atoms with van der Waals surface area (Å²) in [5.41, 5.74) is 1.68. The Morgan fingerprint density at radius 2 is 1.86 bits per heavy atom. The van der Waals surface area contributed by atoms with E-state index < -0.39 is 11.9 Å². The number of ether oxygens (including phenoxy) is 2. The molecule has 0 amide bonds. The number of rotatable bonds is 9. The molecule has 150 valence electrons. The zero-order valence-corrected chi connectivity index (χ0v) is 16.5. The highest BCUT2D eigenvalue weighted by Gasteiger charge is 2.22. The Morgan fingerprint density at radius 3 is 2.54 bits per heavy atom. The zero-order valence-electron chi connectivity index (χ0n) is 16.5. The van der Waals surface area contributed by atoms with E-state index >= 15 is 0 Å². The van der Waals surface area contributed by atoms with Crippen molar-refractivity contribution in [3.05, 3.63) is 59.7 Å². The van der Waals surface area contributed by atoms with E-state index in [-0.39, 0.29) is 0 Å². The monoisotopic (exact) mass is 383 g/mol. The molecular weight excluding hydrogens is 354 g/mol. The zero-order chi connectivity index (χ0) is 19.8. The van der Waals surface area contributed by atoms with Gasteiger partial charge in [-0.05, 0) is 49.5 Å². The number of likely N-dealkylation sites (tertiary alicyclic amines) is 1. The van der Waals surface area contributed by atoms with Crippen LogP contribution in [0, 0.1) is 0 Å². The van der Waals surface area contributed by atoms with Crippen LogP contribution in [-0.4, -0.2) is 49.3 Å². The Balaban J connectivity index is 1.72. The summed E-state index contributed by atoms with van der Waals surface area (Å²) in [6.45, 7) is 3.73. The SMILES string of the molecule is COc1ccc(CC(C(=O)O)c2ccccc2)c(OCCN2CCCCC2)c1. The van der Waals surface area contributed by atoms with Gasteiger partial charge in [0.15, 0.2) is 0 Å². The molecule has 5 nitrogen and oxygen atoms in total. The average molecular weight is 383 g/mol. The quantitative estimate of drug-likeness (QED) is 0.710. The summed E-state index contributed by atoms with van der Waals surface area (Å²) in [5.74, 6) is -0.0258. The fourth-order valence-corrected chi connectivity index (χ4v) is 3.69. The number of benzene rings is 2. The molecule has 0 aromatic heterocycles. The van der Waals surface area contributed by atoms with Crippen LogP contribution in [0.1, 0.15) is 36.3 Å². The van der Waals surface area contributed by atoms with E-state index in [9.17, 15) is 9.90 Å². The lowest BCUT2D eigenvalue weighted by Crippen LogP contribution is -2.33. The van der Waals surface area contributed by atoms with Crippen molar-refractivity contribution in [1.82, 2.24) is 4.90 Å². The maximum Gasteiger partial charge on any atom is 0.311 e. The topological polar surface area (TPSA) is 59.0 Å². The van der Waals surface area contributed by atoms with Gasteiger partial charge in [-0.25, -0.2) is 0 Å². The largest absolute Gasteiger partial charge is 0.497 e. The van der Waals surface area contributed by atoms with E-state index in [0.717, 1.165) is 30.8 Å². The summed E-state index contributed by atoms with van der Waals surface area (Å²) >= 11 is 0. The van der Waals surface area contributed by atoms with Gasteiger partial charge in [-0.1, -0.05) is 42.8 Å². The lowest BCUT2D eigenvalue weighted by Gasteiger charge is -2.26. The van der Waals surface area contributed by atoms with Crippen LogP contribution < -0.4 is 9.47 Å². The van der Waals surface area contributed by atoms with E-state index in [0.29, 0.717) is 24.5 Å². The third-order valence-electron chi connectivity index (χ3n) is 5.31. The van der Waals surface area contributed by atoms with Gasteiger partial charge in [0.1, 0.15) is 18.1 Å². The second-order valence-corrected chi connectivity index (χ2v) is 7.23. The van der Waals surface area contributed by atoms with Gasteiger partial charge < -0.3 is 14.6 Å². The first-order valence-corrected chi connectivity index (χ1v) is 9.97. The lowest BCUT2D eigenvalue weighted by molar-refractivity contribution is -0.138. The van der Waals surface area contributed by atoms with Gasteiger partial charge in [-0.2, -0.15) is 0 Å². The number of hydrogen-bond donors (Lipinski definition) is 1. The molecule has 0 bridgehead atoms. The lowest BCUT2D eigenvalue weighted by atomic mass is 9.91. The molecule has 0 saturated carbocycles. The van der Waals surface area contributed by atoms with E-state index in [4.69, 9.17) is 9.47 Å². The van der Waals surface area contributed by atoms with Crippen LogP contribution >= 0.6 is 0 Å². The van der Waals surface area contributed by atoms with E-state index in [2.05, 4.69) is 4.90 Å². The molecule has 2 aromatic rings. The molecule has 1 saturated heterocycles. The molecule has 28 heavy (non-hydrogen) atoms. The highest BCUT2D eigenvalue weighted by molar-refractivity contribution is 5.76. The third kappa shape index (κ3) is 5.49. The Hall–Kier alpha value is -2.53. The van der Waals surface area contributed by atoms with Crippen molar-refractivity contribution < 1.29 is 19.4 Å². The van der Waals surface area contributed by atoms with Crippen molar-refractivity contribution in [1.29, 1.82) is 0 Å². The predicted octanol–water partition coefficient (Wildman–Crippen LogP) is 3.97. The minimum Gasteiger partial charge on any atom is -0.497 e. The van der Waals surface area contributed by atoms with E-state index in [1.54, 1.807) is 7.11 Å². The van der Waals surface area contributed by atoms with Crippen LogP contribution in [0.3, 0.4) is 0 Å². The van der Waals surface area contributed by atoms with Crippen molar-refractivity contribution in [3.8, 4) is 11.5 Å². The van der Waals surface area contributed by atoms with Gasteiger partial charge in [-0.15, -0.1) is 0 Å². The smallest absolute Gasteiger partial charge is 0.311 e. The van der Waals surface area contributed by atoms with Crippen molar-refractivity contribution in [3.63, 3.8) is 0 Å². The van der Waals surface area contributed by atoms with Gasteiger partial charge in [0.25, 0.3) is 0 Å². The predicted molar refractivity (Wildman–Crippen MR) is 109 cm³/mol. The number of carboxylic acids is 1. The van der Waals surface area contributed by atoms with Crippen LogP contribution in [0.15, 0.2) is 48.5 Å². The Morgan fingerprint density at radius 1 is 1.11 bits per heavy atom. The Kier molecular flexibility index (Phi) is 7.31. The molecule has 1 fully saturated rings. The van der Waals surface area contributed by atoms with Crippen molar-refractivity contribution in [2.45, 2.75) is 31.6 Å². The van der Waals surface area contributed by atoms with Crippen molar-refractivity contribution in [2.24, 2.45) is 0 Å². The Labute approximate surface area is 166 Å². The second-order valence-electron chi connectivity index (χ2n) is 7.23.